The molecule has 8 atom stereocenters. The van der Waals surface area contributed by atoms with Gasteiger partial charge < -0.3 is 10.2 Å². The van der Waals surface area contributed by atoms with Gasteiger partial charge in [0.2, 0.25) is 0 Å². The number of carbonyl (C=O) groups is 2. The minimum atomic E-state index is -1.93. The summed E-state index contributed by atoms with van der Waals surface area (Å²) >= 11 is 14.2. The predicted octanol–water partition coefficient (Wildman–Crippen LogP) is 3.28. The van der Waals surface area contributed by atoms with E-state index in [-0.39, 0.29) is 24.5 Å². The van der Waals surface area contributed by atoms with E-state index in [1.165, 1.54) is 12.2 Å². The summed E-state index contributed by atoms with van der Waals surface area (Å²) in [4.78, 5) is 23.4. The van der Waals surface area contributed by atoms with Crippen molar-refractivity contribution in [3.05, 3.63) is 36.0 Å². The van der Waals surface area contributed by atoms with Crippen LogP contribution in [0.25, 0.3) is 0 Å². The lowest BCUT2D eigenvalue weighted by Crippen LogP contribution is -2.68. The Kier molecular flexibility index (Phi) is 4.58. The van der Waals surface area contributed by atoms with E-state index in [0.717, 1.165) is 0 Å². The van der Waals surface area contributed by atoms with Crippen LogP contribution in [0.1, 0.15) is 33.1 Å². The molecule has 3 saturated carbocycles. The molecule has 0 unspecified atom stereocenters. The summed E-state index contributed by atoms with van der Waals surface area (Å²) in [6.45, 7) is 6.68. The first-order valence-corrected chi connectivity index (χ1v) is 10.7. The number of hydrogen-bond acceptors (Lipinski definition) is 4. The molecule has 0 aliphatic heterocycles. The van der Waals surface area contributed by atoms with Gasteiger partial charge in [-0.2, -0.15) is 0 Å². The topological polar surface area (TPSA) is 74.6 Å². The fourth-order valence-corrected chi connectivity index (χ4v) is 7.93. The molecule has 4 nitrogen and oxygen atoms in total. The maximum absolute atomic E-state index is 15.4. The Balaban J connectivity index is 1.88. The summed E-state index contributed by atoms with van der Waals surface area (Å²) in [6, 6.07) is 0. The number of halogens is 3. The summed E-state index contributed by atoms with van der Waals surface area (Å²) in [5, 5.41) is 20.2. The minimum Gasteiger partial charge on any atom is -0.388 e. The molecule has 0 bridgehead atoms. The second kappa shape index (κ2) is 6.25. The van der Waals surface area contributed by atoms with Gasteiger partial charge in [-0.1, -0.05) is 26.5 Å². The molecule has 0 radical (unpaired) electrons. The highest BCUT2D eigenvalue weighted by atomic mass is 35.5. The van der Waals surface area contributed by atoms with Crippen LogP contribution < -0.4 is 0 Å². The van der Waals surface area contributed by atoms with Crippen molar-refractivity contribution >= 4 is 34.8 Å². The number of hydrogen-bond donors (Lipinski definition) is 2. The SMILES string of the molecule is C=C1C[C@H]2[C@@H]3C[C@H](F)C4=CC(=O)C=C[C@]4(C)[C@@]3(Cl)[C@@H](Cl)C[C@]2(C)[C@@]1(O)C(=O)CO. The number of fused-ring (bicyclic) bond motifs is 5. The summed E-state index contributed by atoms with van der Waals surface area (Å²) in [5.41, 5.74) is -3.28. The van der Waals surface area contributed by atoms with Crippen molar-refractivity contribution in [1.29, 1.82) is 0 Å². The number of rotatable bonds is 2. The maximum Gasteiger partial charge on any atom is 0.194 e. The lowest BCUT2D eigenvalue weighted by Gasteiger charge is -2.64. The van der Waals surface area contributed by atoms with Crippen molar-refractivity contribution in [3.8, 4) is 0 Å². The van der Waals surface area contributed by atoms with Gasteiger partial charge in [0, 0.05) is 10.8 Å². The van der Waals surface area contributed by atoms with Crippen LogP contribution in [0.15, 0.2) is 36.0 Å². The molecule has 0 amide bonds. The third-order valence-electron chi connectivity index (χ3n) is 8.33. The smallest absolute Gasteiger partial charge is 0.194 e. The Morgan fingerprint density at radius 2 is 2.03 bits per heavy atom. The molecule has 0 aromatic rings. The Bertz CT molecular complexity index is 884. The second-order valence-corrected chi connectivity index (χ2v) is 10.6. The average Bonchev–Trinajstić information content (AvgIpc) is 2.86. The Hall–Kier alpha value is -1.01. The highest BCUT2D eigenvalue weighted by Gasteiger charge is 2.74. The van der Waals surface area contributed by atoms with Crippen molar-refractivity contribution in [2.24, 2.45) is 22.7 Å². The molecule has 2 N–H and O–H groups in total. The highest BCUT2D eigenvalue weighted by Crippen LogP contribution is 2.72. The Morgan fingerprint density at radius 1 is 1.38 bits per heavy atom. The molecule has 4 aliphatic rings. The van der Waals surface area contributed by atoms with Gasteiger partial charge in [-0.05, 0) is 54.4 Å². The van der Waals surface area contributed by atoms with E-state index >= 15 is 4.39 Å². The first-order valence-electron chi connectivity index (χ1n) is 9.85. The van der Waals surface area contributed by atoms with E-state index in [0.29, 0.717) is 17.6 Å². The average molecular weight is 443 g/mol. The fourth-order valence-electron chi connectivity index (χ4n) is 6.73. The van der Waals surface area contributed by atoms with Crippen LogP contribution in [0, 0.1) is 22.7 Å². The number of carbonyl (C=O) groups excluding carboxylic acids is 2. The Labute approximate surface area is 179 Å². The monoisotopic (exact) mass is 442 g/mol. The first kappa shape index (κ1) is 21.2. The van der Waals surface area contributed by atoms with E-state index in [1.54, 1.807) is 19.9 Å². The van der Waals surface area contributed by atoms with Gasteiger partial charge in [-0.15, -0.1) is 23.2 Å². The third-order valence-corrected chi connectivity index (χ3v) is 9.87. The van der Waals surface area contributed by atoms with Crippen LogP contribution in [0.5, 0.6) is 0 Å². The molecule has 0 aromatic carbocycles. The number of alkyl halides is 3. The molecule has 29 heavy (non-hydrogen) atoms. The molecule has 158 valence electrons. The van der Waals surface area contributed by atoms with E-state index in [1.807, 2.05) is 0 Å². The number of allylic oxidation sites excluding steroid dienone is 4. The van der Waals surface area contributed by atoms with Crippen molar-refractivity contribution < 1.29 is 24.2 Å². The number of aliphatic hydroxyl groups excluding tert-OH is 1. The summed E-state index contributed by atoms with van der Waals surface area (Å²) < 4.78 is 15.4. The predicted molar refractivity (Wildman–Crippen MR) is 109 cm³/mol. The van der Waals surface area contributed by atoms with Crippen molar-refractivity contribution in [3.63, 3.8) is 0 Å². The zero-order valence-corrected chi connectivity index (χ0v) is 17.9. The van der Waals surface area contributed by atoms with Gasteiger partial charge in [-0.25, -0.2) is 4.39 Å². The molecule has 7 heteroatoms. The molecule has 4 aliphatic carbocycles. The van der Waals surface area contributed by atoms with Crippen molar-refractivity contribution in [1.82, 2.24) is 0 Å². The molecular formula is C22H25Cl2FO4. The van der Waals surface area contributed by atoms with Gasteiger partial charge in [0.05, 0.1) is 10.3 Å². The van der Waals surface area contributed by atoms with Crippen molar-refractivity contribution in [2.45, 2.75) is 55.1 Å². The standard InChI is InChI=1S/C22H25Cl2FO4/c1-11-6-13-14-8-16(25)15-7-12(27)4-5-19(15,2)21(14,24)17(23)9-20(13,3)22(11,29)18(28)10-26/h4-5,7,13-14,16-17,26,29H,1,6,8-10H2,2-3H3/t13-,14-,16-,17-,19-,20-,21-,22-/m0/s1. The fraction of sp³-hybridized carbons (Fsp3) is 0.636. The normalized spacial score (nSPS) is 51.2. The lowest BCUT2D eigenvalue weighted by atomic mass is 9.46. The number of Topliss-reactive ketones (excluding diaryl/α,β-unsaturated/α-hetero) is 1. The molecule has 3 fully saturated rings. The summed E-state index contributed by atoms with van der Waals surface area (Å²) in [7, 11) is 0. The second-order valence-electron chi connectivity index (χ2n) is 9.41. The number of aliphatic hydroxyl groups is 2. The van der Waals surface area contributed by atoms with Crippen LogP contribution >= 0.6 is 23.2 Å². The van der Waals surface area contributed by atoms with Gasteiger partial charge in [0.15, 0.2) is 17.2 Å². The quantitative estimate of drug-likeness (QED) is 0.508. The van der Waals surface area contributed by atoms with Crippen LogP contribution in [-0.4, -0.2) is 50.4 Å². The number of ketones is 2. The lowest BCUT2D eigenvalue weighted by molar-refractivity contribution is -0.156. The molecule has 0 spiro atoms. The molecule has 4 rings (SSSR count). The zero-order chi connectivity index (χ0) is 21.6. The molecule has 0 saturated heterocycles. The van der Waals surface area contributed by atoms with Crippen molar-refractivity contribution in [2.75, 3.05) is 6.61 Å². The van der Waals surface area contributed by atoms with E-state index < -0.39 is 51.2 Å². The summed E-state index contributed by atoms with van der Waals surface area (Å²) in [6.07, 6.45) is 3.54. The van der Waals surface area contributed by atoms with Crippen LogP contribution in [0.3, 0.4) is 0 Å². The minimum absolute atomic E-state index is 0.0478. The third kappa shape index (κ3) is 2.28. The molecular weight excluding hydrogens is 418 g/mol. The molecule has 0 aromatic heterocycles. The zero-order valence-electron chi connectivity index (χ0n) is 16.4. The van der Waals surface area contributed by atoms with Gasteiger partial charge in [0.1, 0.15) is 12.8 Å². The van der Waals surface area contributed by atoms with Gasteiger partial charge in [-0.3, -0.25) is 9.59 Å². The van der Waals surface area contributed by atoms with Crippen LogP contribution in [0.2, 0.25) is 0 Å². The largest absolute Gasteiger partial charge is 0.388 e. The van der Waals surface area contributed by atoms with E-state index in [9.17, 15) is 19.8 Å². The van der Waals surface area contributed by atoms with Gasteiger partial charge >= 0.3 is 0 Å². The molecule has 0 heterocycles. The highest BCUT2D eigenvalue weighted by molar-refractivity contribution is 6.34. The van der Waals surface area contributed by atoms with Gasteiger partial charge in [0.25, 0.3) is 0 Å². The van der Waals surface area contributed by atoms with Crippen LogP contribution in [0.4, 0.5) is 4.39 Å². The van der Waals surface area contributed by atoms with Crippen LogP contribution in [-0.2, 0) is 9.59 Å². The first-order chi connectivity index (χ1) is 13.4. The van der Waals surface area contributed by atoms with E-state index in [4.69, 9.17) is 23.2 Å². The van der Waals surface area contributed by atoms with E-state index in [2.05, 4.69) is 6.58 Å². The maximum atomic E-state index is 15.4. The summed E-state index contributed by atoms with van der Waals surface area (Å²) in [5.74, 6) is -1.80. The Morgan fingerprint density at radius 3 is 2.66 bits per heavy atom.